The van der Waals surface area contributed by atoms with Crippen LogP contribution in [0.15, 0.2) is 27.4 Å². The van der Waals surface area contributed by atoms with E-state index < -0.39 is 0 Å². The molecule has 0 aliphatic carbocycles. The van der Waals surface area contributed by atoms with Crippen molar-refractivity contribution in [1.82, 2.24) is 0 Å². The van der Waals surface area contributed by atoms with Gasteiger partial charge in [0.05, 0.1) is 14.2 Å². The van der Waals surface area contributed by atoms with E-state index >= 15 is 0 Å². The topological polar surface area (TPSA) is 57.9 Å². The quantitative estimate of drug-likeness (QED) is 0.813. The summed E-state index contributed by atoms with van der Waals surface area (Å²) in [6, 6.07) is 5.17. The average Bonchev–Trinajstić information content (AvgIpc) is 2.53. The van der Waals surface area contributed by atoms with Gasteiger partial charge in [-0.3, -0.25) is 0 Å². The molecule has 0 saturated carbocycles. The van der Waals surface area contributed by atoms with E-state index in [4.69, 9.17) is 18.6 Å². The molecule has 5 heteroatoms. The van der Waals surface area contributed by atoms with Crippen LogP contribution in [0.5, 0.6) is 11.5 Å². The highest BCUT2D eigenvalue weighted by Gasteiger charge is 2.21. The van der Waals surface area contributed by atoms with E-state index in [-0.39, 0.29) is 5.63 Å². The third-order valence-corrected chi connectivity index (χ3v) is 3.94. The Bertz CT molecular complexity index is 698. The van der Waals surface area contributed by atoms with Crippen molar-refractivity contribution in [1.29, 1.82) is 0 Å². The second-order valence-corrected chi connectivity index (χ2v) is 5.11. The number of rotatable bonds is 3. The van der Waals surface area contributed by atoms with Crippen LogP contribution in [-0.2, 0) is 4.74 Å². The standard InChI is InChI=1S/C16H18O5/c1-18-14-7-12-11(10-3-5-20-6-4-10)8-16(17)21-13(12)9-15(14)19-2/h7-10H,3-6H2,1-2H3. The van der Waals surface area contributed by atoms with Crippen LogP contribution in [0.1, 0.15) is 24.3 Å². The number of ether oxygens (including phenoxy) is 3. The first kappa shape index (κ1) is 13.9. The number of benzene rings is 1. The third kappa shape index (κ3) is 2.61. The number of methoxy groups -OCH3 is 2. The van der Waals surface area contributed by atoms with Crippen molar-refractivity contribution in [3.63, 3.8) is 0 Å². The van der Waals surface area contributed by atoms with Crippen LogP contribution in [0.3, 0.4) is 0 Å². The first-order valence-corrected chi connectivity index (χ1v) is 7.00. The zero-order chi connectivity index (χ0) is 14.8. The average molecular weight is 290 g/mol. The molecule has 0 radical (unpaired) electrons. The van der Waals surface area contributed by atoms with E-state index in [2.05, 4.69) is 0 Å². The summed E-state index contributed by atoms with van der Waals surface area (Å²) in [5, 5.41) is 0.902. The lowest BCUT2D eigenvalue weighted by atomic mass is 9.89. The first-order valence-electron chi connectivity index (χ1n) is 7.00. The Labute approximate surface area is 122 Å². The third-order valence-electron chi connectivity index (χ3n) is 3.94. The molecule has 2 heterocycles. The highest BCUT2D eigenvalue weighted by atomic mass is 16.5. The molecule has 0 N–H and O–H groups in total. The second kappa shape index (κ2) is 5.77. The number of fused-ring (bicyclic) bond motifs is 1. The molecular formula is C16H18O5. The van der Waals surface area contributed by atoms with Crippen LogP contribution in [0, 0.1) is 0 Å². The molecule has 1 aromatic heterocycles. The molecule has 0 amide bonds. The van der Waals surface area contributed by atoms with Gasteiger partial charge in [0.15, 0.2) is 11.5 Å². The van der Waals surface area contributed by atoms with Gasteiger partial charge in [0.1, 0.15) is 5.58 Å². The lowest BCUT2D eigenvalue weighted by molar-refractivity contribution is 0.0855. The molecule has 1 aromatic carbocycles. The summed E-state index contributed by atoms with van der Waals surface area (Å²) < 4.78 is 21.3. The van der Waals surface area contributed by atoms with Gasteiger partial charge >= 0.3 is 5.63 Å². The molecule has 2 aromatic rings. The van der Waals surface area contributed by atoms with Gasteiger partial charge in [0, 0.05) is 30.7 Å². The Kier molecular flexibility index (Phi) is 3.84. The minimum absolute atomic E-state index is 0.309. The molecule has 5 nitrogen and oxygen atoms in total. The molecule has 0 bridgehead atoms. The summed E-state index contributed by atoms with van der Waals surface area (Å²) in [5.74, 6) is 1.49. The van der Waals surface area contributed by atoms with Crippen molar-refractivity contribution in [3.05, 3.63) is 34.2 Å². The fraction of sp³-hybridized carbons (Fsp3) is 0.438. The molecule has 1 fully saturated rings. The van der Waals surface area contributed by atoms with Gasteiger partial charge in [-0.1, -0.05) is 0 Å². The largest absolute Gasteiger partial charge is 0.493 e. The minimum atomic E-state index is -0.337. The van der Waals surface area contributed by atoms with Gasteiger partial charge in [-0.25, -0.2) is 4.79 Å². The summed E-state index contributed by atoms with van der Waals surface area (Å²) in [4.78, 5) is 11.8. The van der Waals surface area contributed by atoms with Crippen LogP contribution in [0.2, 0.25) is 0 Å². The molecule has 3 rings (SSSR count). The van der Waals surface area contributed by atoms with E-state index in [9.17, 15) is 4.79 Å². The molecule has 0 atom stereocenters. The van der Waals surface area contributed by atoms with Crippen molar-refractivity contribution in [2.45, 2.75) is 18.8 Å². The van der Waals surface area contributed by atoms with Crippen LogP contribution in [0.25, 0.3) is 11.0 Å². The second-order valence-electron chi connectivity index (χ2n) is 5.11. The minimum Gasteiger partial charge on any atom is -0.493 e. The molecule has 112 valence electrons. The molecule has 1 aliphatic rings. The maximum atomic E-state index is 11.8. The zero-order valence-corrected chi connectivity index (χ0v) is 12.2. The van der Waals surface area contributed by atoms with E-state index in [1.165, 1.54) is 0 Å². The van der Waals surface area contributed by atoms with Crippen molar-refractivity contribution in [3.8, 4) is 11.5 Å². The molecule has 0 spiro atoms. The fourth-order valence-electron chi connectivity index (χ4n) is 2.86. The van der Waals surface area contributed by atoms with E-state index in [0.717, 1.165) is 37.0 Å². The van der Waals surface area contributed by atoms with Gasteiger partial charge in [-0.05, 0) is 30.4 Å². The van der Waals surface area contributed by atoms with Gasteiger partial charge < -0.3 is 18.6 Å². The van der Waals surface area contributed by atoms with Gasteiger partial charge in [-0.2, -0.15) is 0 Å². The highest BCUT2D eigenvalue weighted by Crippen LogP contribution is 2.37. The van der Waals surface area contributed by atoms with Crippen molar-refractivity contribution in [2.75, 3.05) is 27.4 Å². The smallest absolute Gasteiger partial charge is 0.336 e. The molecule has 21 heavy (non-hydrogen) atoms. The predicted octanol–water partition coefficient (Wildman–Crippen LogP) is 2.70. The van der Waals surface area contributed by atoms with Crippen LogP contribution >= 0.6 is 0 Å². The maximum Gasteiger partial charge on any atom is 0.336 e. The predicted molar refractivity (Wildman–Crippen MR) is 78.4 cm³/mol. The van der Waals surface area contributed by atoms with Gasteiger partial charge in [-0.15, -0.1) is 0 Å². The Balaban J connectivity index is 2.20. The lowest BCUT2D eigenvalue weighted by Crippen LogP contribution is -2.16. The number of hydrogen-bond donors (Lipinski definition) is 0. The van der Waals surface area contributed by atoms with Crippen molar-refractivity contribution < 1.29 is 18.6 Å². The van der Waals surface area contributed by atoms with Crippen LogP contribution < -0.4 is 15.1 Å². The van der Waals surface area contributed by atoms with Crippen LogP contribution in [0.4, 0.5) is 0 Å². The number of hydrogen-bond acceptors (Lipinski definition) is 5. The lowest BCUT2D eigenvalue weighted by Gasteiger charge is -2.23. The van der Waals surface area contributed by atoms with Crippen LogP contribution in [-0.4, -0.2) is 27.4 Å². The zero-order valence-electron chi connectivity index (χ0n) is 12.2. The molecule has 0 unspecified atom stereocenters. The Morgan fingerprint density at radius 3 is 2.38 bits per heavy atom. The normalized spacial score (nSPS) is 16.1. The Morgan fingerprint density at radius 1 is 1.05 bits per heavy atom. The SMILES string of the molecule is COc1cc2oc(=O)cc(C3CCOCC3)c2cc1OC. The monoisotopic (exact) mass is 290 g/mol. The first-order chi connectivity index (χ1) is 10.2. The van der Waals surface area contributed by atoms with Gasteiger partial charge in [0.25, 0.3) is 0 Å². The summed E-state index contributed by atoms with van der Waals surface area (Å²) in [6.07, 6.45) is 1.82. The van der Waals surface area contributed by atoms with E-state index in [0.29, 0.717) is 23.0 Å². The summed E-state index contributed by atoms with van der Waals surface area (Å²) >= 11 is 0. The van der Waals surface area contributed by atoms with Crippen molar-refractivity contribution >= 4 is 11.0 Å². The Morgan fingerprint density at radius 2 is 1.71 bits per heavy atom. The van der Waals surface area contributed by atoms with E-state index in [1.807, 2.05) is 6.07 Å². The maximum absolute atomic E-state index is 11.8. The van der Waals surface area contributed by atoms with Crippen molar-refractivity contribution in [2.24, 2.45) is 0 Å². The fourth-order valence-corrected chi connectivity index (χ4v) is 2.86. The summed E-state index contributed by atoms with van der Waals surface area (Å²) in [5.41, 5.74) is 1.20. The van der Waals surface area contributed by atoms with Gasteiger partial charge in [0.2, 0.25) is 0 Å². The molecule has 1 saturated heterocycles. The highest BCUT2D eigenvalue weighted by molar-refractivity contribution is 5.84. The summed E-state index contributed by atoms with van der Waals surface area (Å²) in [7, 11) is 3.15. The van der Waals surface area contributed by atoms with E-state index in [1.54, 1.807) is 26.4 Å². The molecular weight excluding hydrogens is 272 g/mol. The molecule has 1 aliphatic heterocycles. The Hall–Kier alpha value is -2.01. The summed E-state index contributed by atoms with van der Waals surface area (Å²) in [6.45, 7) is 1.44.